The van der Waals surface area contributed by atoms with Gasteiger partial charge in [-0.3, -0.25) is 0 Å². The zero-order chi connectivity index (χ0) is 41.3. The van der Waals surface area contributed by atoms with Crippen molar-refractivity contribution in [2.75, 3.05) is 0 Å². The van der Waals surface area contributed by atoms with Crippen molar-refractivity contribution in [3.8, 4) is 28.3 Å². The SMILES string of the molecule is [2H]c1c([2H])c([2H])c2c(-c3c([2H])c([2H])c([2H])c4c3oc3c([2H])c([2H])c([2H])c([2H])c34)nc(-c3ccc4c(c3)C(C)(C)c3cccc5c6c7ccccc7sc6n-4c35)nc2c1[2H]. The highest BCUT2D eigenvalue weighted by atomic mass is 32.1. The lowest BCUT2D eigenvalue weighted by Crippen LogP contribution is -2.26. The van der Waals surface area contributed by atoms with Crippen molar-refractivity contribution in [1.29, 1.82) is 0 Å². The molecule has 0 amide bonds. The highest BCUT2D eigenvalue weighted by Crippen LogP contribution is 2.51. The smallest absolute Gasteiger partial charge is 0.160 e. The lowest BCUT2D eigenvalue weighted by Gasteiger charge is -2.35. The molecule has 1 aliphatic rings. The Labute approximate surface area is 295 Å². The van der Waals surface area contributed by atoms with E-state index in [0.717, 1.165) is 32.5 Å². The van der Waals surface area contributed by atoms with Crippen LogP contribution in [0.5, 0.6) is 0 Å². The van der Waals surface area contributed by atoms with E-state index in [1.54, 1.807) is 11.3 Å². The van der Waals surface area contributed by atoms with Crippen LogP contribution in [0.15, 0.2) is 132 Å². The normalized spacial score (nSPS) is 17.0. The summed E-state index contributed by atoms with van der Waals surface area (Å²) in [6.07, 6.45) is 0. The van der Waals surface area contributed by atoms with Gasteiger partial charge < -0.3 is 8.98 Å². The van der Waals surface area contributed by atoms with E-state index < -0.39 is 71.9 Å². The van der Waals surface area contributed by atoms with E-state index in [9.17, 15) is 1.37 Å². The fourth-order valence-electron chi connectivity index (χ4n) is 7.45. The van der Waals surface area contributed by atoms with Gasteiger partial charge in [-0.05, 0) is 53.5 Å². The molecule has 226 valence electrons. The molecule has 0 radical (unpaired) electrons. The fourth-order valence-corrected chi connectivity index (χ4v) is 8.68. The molecule has 5 heteroatoms. The van der Waals surface area contributed by atoms with Crippen LogP contribution in [-0.2, 0) is 5.41 Å². The Morgan fingerprint density at radius 2 is 1.54 bits per heavy atom. The Morgan fingerprint density at radius 1 is 0.729 bits per heavy atom. The number of hydrogen-bond donors (Lipinski definition) is 0. The van der Waals surface area contributed by atoms with Crippen molar-refractivity contribution in [3.63, 3.8) is 0 Å². The van der Waals surface area contributed by atoms with Crippen molar-refractivity contribution in [2.45, 2.75) is 19.3 Å². The Balaban J connectivity index is 1.24. The van der Waals surface area contributed by atoms with E-state index in [4.69, 9.17) is 28.1 Å². The first kappa shape index (κ1) is 17.9. The largest absolute Gasteiger partial charge is 0.455 e. The number of hydrogen-bond acceptors (Lipinski definition) is 4. The number of thiophene rings is 1. The second kappa shape index (κ2) is 9.18. The summed E-state index contributed by atoms with van der Waals surface area (Å²) in [6.45, 7) is 4.31. The number of benzene rings is 6. The summed E-state index contributed by atoms with van der Waals surface area (Å²) in [5, 5.41) is 3.11. The molecular formula is C43H27N3OS. The number of fused-ring (bicyclic) bond motifs is 11. The maximum Gasteiger partial charge on any atom is 0.160 e. The van der Waals surface area contributed by atoms with Crippen LogP contribution in [0.25, 0.3) is 92.4 Å². The molecule has 0 aliphatic carbocycles. The van der Waals surface area contributed by atoms with E-state index in [-0.39, 0.29) is 49.9 Å². The predicted octanol–water partition coefficient (Wildman–Crippen LogP) is 11.8. The summed E-state index contributed by atoms with van der Waals surface area (Å²) in [7, 11) is 0. The first-order valence-corrected chi connectivity index (χ1v) is 16.3. The molecule has 0 N–H and O–H groups in total. The van der Waals surface area contributed by atoms with Crippen LogP contribution >= 0.6 is 11.3 Å². The molecule has 5 heterocycles. The average molecular weight is 645 g/mol. The van der Waals surface area contributed by atoms with Gasteiger partial charge in [-0.2, -0.15) is 0 Å². The number of furan rings is 1. The lowest BCUT2D eigenvalue weighted by molar-refractivity contribution is 0.630. The third-order valence-electron chi connectivity index (χ3n) is 9.66. The lowest BCUT2D eigenvalue weighted by atomic mass is 9.74. The molecule has 6 aromatic carbocycles. The molecule has 0 saturated carbocycles. The van der Waals surface area contributed by atoms with Gasteiger partial charge in [0.1, 0.15) is 16.0 Å². The molecule has 0 fully saturated rings. The van der Waals surface area contributed by atoms with Crippen molar-refractivity contribution in [2.24, 2.45) is 0 Å². The minimum atomic E-state index is -0.587. The van der Waals surface area contributed by atoms with Gasteiger partial charge in [0.05, 0.1) is 37.5 Å². The minimum Gasteiger partial charge on any atom is -0.455 e. The van der Waals surface area contributed by atoms with Crippen LogP contribution < -0.4 is 0 Å². The first-order valence-electron chi connectivity index (χ1n) is 20.9. The first-order chi connectivity index (χ1) is 28.1. The molecule has 0 spiro atoms. The second-order valence-corrected chi connectivity index (χ2v) is 13.6. The average Bonchev–Trinajstić information content (AvgIpc) is 3.91. The van der Waals surface area contributed by atoms with Crippen molar-refractivity contribution < 1.29 is 19.5 Å². The van der Waals surface area contributed by atoms with Crippen molar-refractivity contribution in [1.82, 2.24) is 14.5 Å². The van der Waals surface area contributed by atoms with Crippen LogP contribution in [0, 0.1) is 0 Å². The minimum absolute atomic E-state index is 0.0639. The van der Waals surface area contributed by atoms with Crippen molar-refractivity contribution >= 4 is 75.4 Å². The molecule has 48 heavy (non-hydrogen) atoms. The summed E-state index contributed by atoms with van der Waals surface area (Å²) in [6, 6.07) is 14.8. The molecule has 0 atom stereocenters. The number of para-hydroxylation sites is 4. The molecular weight excluding hydrogens is 607 g/mol. The summed E-state index contributed by atoms with van der Waals surface area (Å²) >= 11 is 1.73. The van der Waals surface area contributed by atoms with Crippen LogP contribution in [0.2, 0.25) is 0 Å². The Hall–Kier alpha value is -5.78. The van der Waals surface area contributed by atoms with E-state index in [2.05, 4.69) is 54.8 Å². The zero-order valence-corrected chi connectivity index (χ0v) is 26.2. The number of aromatic nitrogens is 3. The second-order valence-electron chi connectivity index (χ2n) is 12.6. The highest BCUT2D eigenvalue weighted by molar-refractivity contribution is 7.25. The van der Waals surface area contributed by atoms with Gasteiger partial charge >= 0.3 is 0 Å². The molecule has 0 unspecified atom stereocenters. The fraction of sp³-hybridized carbons (Fsp3) is 0.0698. The maximum atomic E-state index is 9.19. The quantitative estimate of drug-likeness (QED) is 0.188. The van der Waals surface area contributed by atoms with Crippen LogP contribution in [0.3, 0.4) is 0 Å². The Kier molecular flexibility index (Phi) is 3.43. The van der Waals surface area contributed by atoms with E-state index >= 15 is 0 Å². The van der Waals surface area contributed by atoms with Gasteiger partial charge in [-0.15, -0.1) is 11.3 Å². The van der Waals surface area contributed by atoms with Gasteiger partial charge in [0.2, 0.25) is 0 Å². The maximum absolute atomic E-state index is 9.19. The Bertz CT molecular complexity index is 3630. The molecule has 1 aliphatic heterocycles. The third-order valence-corrected chi connectivity index (χ3v) is 10.8. The predicted molar refractivity (Wildman–Crippen MR) is 200 cm³/mol. The van der Waals surface area contributed by atoms with E-state index in [0.29, 0.717) is 5.56 Å². The summed E-state index contributed by atoms with van der Waals surface area (Å²) in [5.74, 6) is 0.0639. The third kappa shape index (κ3) is 3.33. The highest BCUT2D eigenvalue weighted by Gasteiger charge is 2.36. The molecule has 10 aromatic rings. The molecule has 4 nitrogen and oxygen atoms in total. The number of nitrogens with zero attached hydrogens (tertiary/aromatic N) is 3. The number of rotatable bonds is 2. The molecule has 4 aromatic heterocycles. The van der Waals surface area contributed by atoms with Gasteiger partial charge in [0.25, 0.3) is 0 Å². The standard InChI is InChI=1S/C43H27N3OS/c1-43(2)31-17-10-15-29-37-28-13-5-8-20-36(28)48-42(37)46(39(29)31)34-22-21-24(23-32(34)43)41-44-33-18-6-3-12-27(33)38(45-41)30-16-9-14-26-25-11-4-7-19-35(25)47-40(26)30/h3-23H,1-2H3/i3D,4D,6D,7D,9D,11D,12D,14D,16D,18D,19D. The summed E-state index contributed by atoms with van der Waals surface area (Å²) in [5.41, 5.74) is 3.14. The van der Waals surface area contributed by atoms with Crippen LogP contribution in [-0.4, -0.2) is 14.5 Å². The van der Waals surface area contributed by atoms with Gasteiger partial charge in [0, 0.05) is 53.6 Å². The molecule has 0 bridgehead atoms. The molecule has 11 rings (SSSR count). The zero-order valence-electron chi connectivity index (χ0n) is 36.4. The monoisotopic (exact) mass is 644 g/mol. The van der Waals surface area contributed by atoms with Crippen molar-refractivity contribution in [3.05, 3.63) is 138 Å². The van der Waals surface area contributed by atoms with Crippen LogP contribution in [0.4, 0.5) is 0 Å². The van der Waals surface area contributed by atoms with Gasteiger partial charge in [-0.1, -0.05) is 98.6 Å². The Morgan fingerprint density at radius 3 is 2.48 bits per heavy atom. The topological polar surface area (TPSA) is 43.9 Å². The summed E-state index contributed by atoms with van der Waals surface area (Å²) < 4.78 is 106. The molecule has 0 saturated heterocycles. The summed E-state index contributed by atoms with van der Waals surface area (Å²) in [4.78, 5) is 10.8. The van der Waals surface area contributed by atoms with Crippen LogP contribution in [0.1, 0.15) is 40.1 Å². The van der Waals surface area contributed by atoms with Gasteiger partial charge in [0.15, 0.2) is 5.82 Å². The van der Waals surface area contributed by atoms with E-state index in [1.165, 1.54) is 15.5 Å². The van der Waals surface area contributed by atoms with Gasteiger partial charge in [-0.25, -0.2) is 9.97 Å². The van der Waals surface area contributed by atoms with E-state index in [1.807, 2.05) is 24.3 Å².